The molecule has 3 aromatic rings. The average molecular weight is 452 g/mol. The molecule has 0 atom stereocenters. The van der Waals surface area contributed by atoms with E-state index in [2.05, 4.69) is 5.32 Å². The Morgan fingerprint density at radius 3 is 2.78 bits per heavy atom. The van der Waals surface area contributed by atoms with Crippen LogP contribution < -0.4 is 15.6 Å². The zero-order valence-electron chi connectivity index (χ0n) is 18.4. The molecule has 0 saturated heterocycles. The Hall–Kier alpha value is -2.80. The van der Waals surface area contributed by atoms with Crippen molar-refractivity contribution in [3.05, 3.63) is 64.4 Å². The van der Waals surface area contributed by atoms with Crippen LogP contribution in [0.15, 0.2) is 58.5 Å². The number of nitrogens with zero attached hydrogens (tertiary/aromatic N) is 2. The summed E-state index contributed by atoms with van der Waals surface area (Å²) < 4.78 is 7.52. The summed E-state index contributed by atoms with van der Waals surface area (Å²) in [6.07, 6.45) is 5.42. The number of aromatic nitrogens is 2. The van der Waals surface area contributed by atoms with Gasteiger partial charge in [0.05, 0.1) is 23.2 Å². The number of thioether (sulfide) groups is 1. The number of amides is 1. The first kappa shape index (κ1) is 22.4. The van der Waals surface area contributed by atoms with Gasteiger partial charge in [-0.1, -0.05) is 55.3 Å². The fraction of sp³-hybridized carbons (Fsp3) is 0.400. The van der Waals surface area contributed by atoms with Crippen LogP contribution in [-0.4, -0.2) is 34.4 Å². The third-order valence-electron chi connectivity index (χ3n) is 5.73. The summed E-state index contributed by atoms with van der Waals surface area (Å²) in [6, 6.07) is 15.4. The number of carbonyl (C=O) groups is 1. The van der Waals surface area contributed by atoms with Crippen LogP contribution in [0.2, 0.25) is 0 Å². The van der Waals surface area contributed by atoms with Gasteiger partial charge in [0.15, 0.2) is 5.16 Å². The van der Waals surface area contributed by atoms with Crippen LogP contribution in [0.1, 0.15) is 43.7 Å². The smallest absolute Gasteiger partial charge is 0.262 e. The second-order valence-electron chi connectivity index (χ2n) is 8.18. The third-order valence-corrected chi connectivity index (χ3v) is 6.68. The number of rotatable bonds is 8. The molecule has 0 spiro atoms. The second kappa shape index (κ2) is 10.7. The van der Waals surface area contributed by atoms with E-state index in [1.165, 1.54) is 18.2 Å². The minimum absolute atomic E-state index is 0.00281. The lowest BCUT2D eigenvalue weighted by atomic mass is 9.95. The van der Waals surface area contributed by atoms with Crippen LogP contribution in [0.4, 0.5) is 0 Å². The monoisotopic (exact) mass is 451 g/mol. The maximum absolute atomic E-state index is 13.3. The van der Waals surface area contributed by atoms with E-state index in [4.69, 9.17) is 9.72 Å². The molecule has 32 heavy (non-hydrogen) atoms. The molecule has 0 radical (unpaired) electrons. The van der Waals surface area contributed by atoms with Crippen molar-refractivity contribution in [2.75, 3.05) is 18.9 Å². The van der Waals surface area contributed by atoms with Gasteiger partial charge in [0.2, 0.25) is 5.91 Å². The van der Waals surface area contributed by atoms with Gasteiger partial charge < -0.3 is 10.1 Å². The van der Waals surface area contributed by atoms with E-state index in [1.807, 2.05) is 60.0 Å². The average Bonchev–Trinajstić information content (AvgIpc) is 2.81. The lowest BCUT2D eigenvalue weighted by Crippen LogP contribution is -2.31. The van der Waals surface area contributed by atoms with Crippen LogP contribution in [0.3, 0.4) is 0 Å². The van der Waals surface area contributed by atoms with Crippen LogP contribution in [0.5, 0.6) is 5.75 Å². The number of nitrogens with one attached hydrogen (secondary N) is 1. The Balaban J connectivity index is 1.39. The fourth-order valence-corrected chi connectivity index (χ4v) is 5.03. The van der Waals surface area contributed by atoms with Gasteiger partial charge in [0.25, 0.3) is 5.56 Å². The highest BCUT2D eigenvalue weighted by molar-refractivity contribution is 7.99. The summed E-state index contributed by atoms with van der Waals surface area (Å²) in [4.78, 5) is 30.4. The maximum Gasteiger partial charge on any atom is 0.262 e. The molecule has 168 valence electrons. The van der Waals surface area contributed by atoms with Crippen LogP contribution in [-0.2, 0) is 4.79 Å². The highest BCUT2D eigenvalue weighted by Crippen LogP contribution is 2.31. The molecule has 1 aliphatic rings. The minimum Gasteiger partial charge on any atom is -0.492 e. The lowest BCUT2D eigenvalue weighted by Gasteiger charge is -2.26. The molecule has 4 rings (SSSR count). The Morgan fingerprint density at radius 2 is 1.97 bits per heavy atom. The summed E-state index contributed by atoms with van der Waals surface area (Å²) in [7, 11) is 0. The molecule has 1 heterocycles. The van der Waals surface area contributed by atoms with Gasteiger partial charge in [-0.15, -0.1) is 0 Å². The number of ether oxygens (including phenoxy) is 1. The first-order valence-corrected chi connectivity index (χ1v) is 12.2. The van der Waals surface area contributed by atoms with E-state index in [-0.39, 0.29) is 23.3 Å². The first-order chi connectivity index (χ1) is 15.6. The van der Waals surface area contributed by atoms with Crippen LogP contribution in [0.25, 0.3) is 10.9 Å². The van der Waals surface area contributed by atoms with Crippen molar-refractivity contribution in [1.29, 1.82) is 0 Å². The molecule has 0 bridgehead atoms. The molecule has 7 heteroatoms. The van der Waals surface area contributed by atoms with Crippen LogP contribution in [0, 0.1) is 6.92 Å². The molecule has 1 saturated carbocycles. The Bertz CT molecular complexity index is 1140. The molecule has 0 unspecified atom stereocenters. The van der Waals surface area contributed by atoms with Crippen LogP contribution >= 0.6 is 11.8 Å². The standard InChI is InChI=1S/C25H29N3O3S/c1-18-8-7-11-20(16-18)31-15-14-26-23(29)17-32-25-27-22-13-6-5-12-21(22)24(30)28(25)19-9-3-2-4-10-19/h5-8,11-13,16,19H,2-4,9-10,14-15,17H2,1H3,(H,26,29). The van der Waals surface area contributed by atoms with Gasteiger partial charge in [0, 0.05) is 6.04 Å². The predicted molar refractivity (Wildman–Crippen MR) is 129 cm³/mol. The topological polar surface area (TPSA) is 73.2 Å². The molecule has 1 fully saturated rings. The number of benzene rings is 2. The lowest BCUT2D eigenvalue weighted by molar-refractivity contribution is -0.118. The number of para-hydroxylation sites is 1. The van der Waals surface area contributed by atoms with Crippen molar-refractivity contribution >= 4 is 28.6 Å². The van der Waals surface area contributed by atoms with Crippen molar-refractivity contribution < 1.29 is 9.53 Å². The number of aryl methyl sites for hydroxylation is 1. The number of fused-ring (bicyclic) bond motifs is 1. The summed E-state index contributed by atoms with van der Waals surface area (Å²) in [6.45, 7) is 2.84. The molecule has 2 aromatic carbocycles. The molecular weight excluding hydrogens is 422 g/mol. The molecule has 1 aromatic heterocycles. The summed E-state index contributed by atoms with van der Waals surface area (Å²) in [5.74, 6) is 0.910. The van der Waals surface area contributed by atoms with Crippen molar-refractivity contribution in [2.45, 2.75) is 50.2 Å². The van der Waals surface area contributed by atoms with E-state index >= 15 is 0 Å². The SMILES string of the molecule is Cc1cccc(OCCNC(=O)CSc2nc3ccccc3c(=O)n2C2CCCCC2)c1. The molecule has 1 aliphatic carbocycles. The van der Waals surface area contributed by atoms with Gasteiger partial charge >= 0.3 is 0 Å². The Kier molecular flexibility index (Phi) is 7.47. The highest BCUT2D eigenvalue weighted by atomic mass is 32.2. The molecule has 1 N–H and O–H groups in total. The maximum atomic E-state index is 13.3. The van der Waals surface area contributed by atoms with Crippen molar-refractivity contribution in [1.82, 2.24) is 14.9 Å². The molecular formula is C25H29N3O3S. The Labute approximate surface area is 192 Å². The fourth-order valence-electron chi connectivity index (χ4n) is 4.13. The van der Waals surface area contributed by atoms with Gasteiger partial charge in [-0.05, 0) is 49.6 Å². The molecule has 6 nitrogen and oxygen atoms in total. The highest BCUT2D eigenvalue weighted by Gasteiger charge is 2.22. The first-order valence-electron chi connectivity index (χ1n) is 11.2. The van der Waals surface area contributed by atoms with Gasteiger partial charge in [-0.25, -0.2) is 4.98 Å². The second-order valence-corrected chi connectivity index (χ2v) is 9.12. The van der Waals surface area contributed by atoms with Crippen molar-refractivity contribution in [3.63, 3.8) is 0 Å². The zero-order valence-corrected chi connectivity index (χ0v) is 19.2. The normalized spacial score (nSPS) is 14.4. The van der Waals surface area contributed by atoms with E-state index in [0.717, 1.165) is 37.0 Å². The van der Waals surface area contributed by atoms with E-state index in [1.54, 1.807) is 0 Å². The van der Waals surface area contributed by atoms with Crippen molar-refractivity contribution in [2.24, 2.45) is 0 Å². The van der Waals surface area contributed by atoms with E-state index in [9.17, 15) is 9.59 Å². The predicted octanol–water partition coefficient (Wildman–Crippen LogP) is 4.50. The summed E-state index contributed by atoms with van der Waals surface area (Å²) >= 11 is 1.33. The van der Waals surface area contributed by atoms with Gasteiger partial charge in [-0.3, -0.25) is 14.2 Å². The van der Waals surface area contributed by atoms with Crippen molar-refractivity contribution in [3.8, 4) is 5.75 Å². The van der Waals surface area contributed by atoms with E-state index < -0.39 is 0 Å². The number of carbonyl (C=O) groups excluding carboxylic acids is 1. The minimum atomic E-state index is -0.0968. The molecule has 0 aliphatic heterocycles. The summed E-state index contributed by atoms with van der Waals surface area (Å²) in [5.41, 5.74) is 1.81. The van der Waals surface area contributed by atoms with Gasteiger partial charge in [-0.2, -0.15) is 0 Å². The zero-order chi connectivity index (χ0) is 22.3. The summed E-state index contributed by atoms with van der Waals surface area (Å²) in [5, 5.41) is 4.16. The van der Waals surface area contributed by atoms with Gasteiger partial charge in [0.1, 0.15) is 12.4 Å². The van der Waals surface area contributed by atoms with E-state index in [0.29, 0.717) is 29.2 Å². The number of hydrogen-bond donors (Lipinski definition) is 1. The molecule has 1 amide bonds. The third kappa shape index (κ3) is 5.51. The quantitative estimate of drug-likeness (QED) is 0.310. The Morgan fingerprint density at radius 1 is 1.16 bits per heavy atom. The largest absolute Gasteiger partial charge is 0.492 e. The number of hydrogen-bond acceptors (Lipinski definition) is 5.